The largest absolute Gasteiger partial charge is 0.349 e. The highest BCUT2D eigenvalue weighted by Gasteiger charge is 2.22. The molecule has 2 aliphatic carbocycles. The van der Waals surface area contributed by atoms with E-state index < -0.39 is 0 Å². The summed E-state index contributed by atoms with van der Waals surface area (Å²) in [4.78, 5) is 27.3. The fourth-order valence-electron chi connectivity index (χ4n) is 3.37. The van der Waals surface area contributed by atoms with Crippen molar-refractivity contribution < 1.29 is 4.79 Å². The number of fused-ring (bicyclic) bond motifs is 1. The van der Waals surface area contributed by atoms with Gasteiger partial charge in [0.2, 0.25) is 0 Å². The molecule has 0 aliphatic heterocycles. The summed E-state index contributed by atoms with van der Waals surface area (Å²) in [5.41, 5.74) is 7.99. The van der Waals surface area contributed by atoms with Crippen LogP contribution < -0.4 is 16.6 Å². The lowest BCUT2D eigenvalue weighted by Crippen LogP contribution is -2.42. The van der Waals surface area contributed by atoms with Gasteiger partial charge in [-0.15, -0.1) is 12.4 Å². The lowest BCUT2D eigenvalue weighted by Gasteiger charge is -2.26. The fraction of sp³-hybridized carbons (Fsp3) is 0.625. The van der Waals surface area contributed by atoms with E-state index in [4.69, 9.17) is 5.73 Å². The summed E-state index contributed by atoms with van der Waals surface area (Å²) in [7, 11) is 0. The summed E-state index contributed by atoms with van der Waals surface area (Å²) < 4.78 is 0. The molecule has 122 valence electrons. The van der Waals surface area contributed by atoms with Crippen molar-refractivity contribution >= 4 is 18.3 Å². The van der Waals surface area contributed by atoms with E-state index >= 15 is 0 Å². The number of rotatable bonds is 2. The van der Waals surface area contributed by atoms with Gasteiger partial charge in [0.15, 0.2) is 0 Å². The molecule has 5 nitrogen and oxygen atoms in total. The van der Waals surface area contributed by atoms with Crippen molar-refractivity contribution in [3.05, 3.63) is 33.2 Å². The number of H-pyrrole nitrogens is 1. The highest BCUT2D eigenvalue weighted by molar-refractivity contribution is 5.94. The van der Waals surface area contributed by atoms with Gasteiger partial charge in [-0.25, -0.2) is 0 Å². The molecule has 3 rings (SSSR count). The van der Waals surface area contributed by atoms with E-state index in [0.29, 0.717) is 0 Å². The third kappa shape index (κ3) is 3.70. The van der Waals surface area contributed by atoms with Gasteiger partial charge < -0.3 is 16.0 Å². The highest BCUT2D eigenvalue weighted by Crippen LogP contribution is 2.20. The molecule has 0 unspecified atom stereocenters. The molecule has 0 spiro atoms. The molecule has 0 saturated heterocycles. The van der Waals surface area contributed by atoms with Crippen LogP contribution in [0.1, 0.15) is 60.1 Å². The SMILES string of the molecule is Cl.NC1CCC(NC(=O)c2cc3c([nH]c2=O)CCCC3)CC1. The van der Waals surface area contributed by atoms with Crippen LogP contribution in [0.3, 0.4) is 0 Å². The number of aromatic nitrogens is 1. The normalized spacial score (nSPS) is 24.0. The molecule has 1 aromatic heterocycles. The van der Waals surface area contributed by atoms with E-state index in [1.165, 1.54) is 0 Å². The van der Waals surface area contributed by atoms with Crippen LogP contribution in [0.5, 0.6) is 0 Å². The first-order valence-electron chi connectivity index (χ1n) is 7.95. The maximum Gasteiger partial charge on any atom is 0.261 e. The number of pyridine rings is 1. The summed E-state index contributed by atoms with van der Waals surface area (Å²) in [5, 5.41) is 2.99. The van der Waals surface area contributed by atoms with Crippen LogP contribution in [-0.2, 0) is 12.8 Å². The minimum atomic E-state index is -0.263. The Bertz CT molecular complexity index is 592. The van der Waals surface area contributed by atoms with Crippen molar-refractivity contribution in [2.45, 2.75) is 63.5 Å². The summed E-state index contributed by atoms with van der Waals surface area (Å²) in [6.45, 7) is 0. The second-order valence-corrected chi connectivity index (χ2v) is 6.31. The smallest absolute Gasteiger partial charge is 0.261 e. The van der Waals surface area contributed by atoms with Crippen LogP contribution in [0.2, 0.25) is 0 Å². The molecule has 0 radical (unpaired) electrons. The van der Waals surface area contributed by atoms with E-state index in [-0.39, 0.29) is 41.5 Å². The van der Waals surface area contributed by atoms with Crippen LogP contribution in [0.4, 0.5) is 0 Å². The Balaban J connectivity index is 0.00000176. The average Bonchev–Trinajstić information content (AvgIpc) is 2.49. The van der Waals surface area contributed by atoms with E-state index in [2.05, 4.69) is 10.3 Å². The number of carbonyl (C=O) groups is 1. The molecular formula is C16H24ClN3O2. The molecule has 1 fully saturated rings. The molecule has 0 atom stereocenters. The van der Waals surface area contributed by atoms with Gasteiger partial charge in [0.05, 0.1) is 0 Å². The molecule has 1 amide bonds. The lowest BCUT2D eigenvalue weighted by molar-refractivity contribution is 0.0924. The number of carbonyl (C=O) groups excluding carboxylic acids is 1. The Labute approximate surface area is 136 Å². The van der Waals surface area contributed by atoms with Crippen molar-refractivity contribution in [2.75, 3.05) is 0 Å². The topological polar surface area (TPSA) is 88.0 Å². The average molecular weight is 326 g/mol. The van der Waals surface area contributed by atoms with E-state index in [1.54, 1.807) is 6.07 Å². The van der Waals surface area contributed by atoms with Gasteiger partial charge in [0.25, 0.3) is 11.5 Å². The standard InChI is InChI=1S/C16H23N3O2.ClH/c17-11-5-7-12(8-6-11)18-15(20)13-9-10-3-1-2-4-14(10)19-16(13)21;/h9,11-12H,1-8,17H2,(H,18,20)(H,19,21);1H. The molecule has 1 saturated carbocycles. The van der Waals surface area contributed by atoms with Gasteiger partial charge in [-0.2, -0.15) is 0 Å². The Morgan fingerprint density at radius 3 is 2.59 bits per heavy atom. The quantitative estimate of drug-likeness (QED) is 0.773. The van der Waals surface area contributed by atoms with Crippen LogP contribution in [0.15, 0.2) is 10.9 Å². The van der Waals surface area contributed by atoms with Crippen LogP contribution in [0, 0.1) is 0 Å². The summed E-state index contributed by atoms with van der Waals surface area (Å²) in [6.07, 6.45) is 7.76. The molecule has 22 heavy (non-hydrogen) atoms. The number of hydrogen-bond acceptors (Lipinski definition) is 3. The maximum absolute atomic E-state index is 12.3. The number of nitrogens with two attached hydrogens (primary N) is 1. The highest BCUT2D eigenvalue weighted by atomic mass is 35.5. The van der Waals surface area contributed by atoms with Crippen molar-refractivity contribution in [3.8, 4) is 0 Å². The van der Waals surface area contributed by atoms with Gasteiger partial charge in [0.1, 0.15) is 5.56 Å². The molecule has 6 heteroatoms. The van der Waals surface area contributed by atoms with Crippen LogP contribution in [0.25, 0.3) is 0 Å². The number of aromatic amines is 1. The first-order valence-corrected chi connectivity index (χ1v) is 7.95. The fourth-order valence-corrected chi connectivity index (χ4v) is 3.37. The summed E-state index contributed by atoms with van der Waals surface area (Å²) in [6, 6.07) is 2.19. The van der Waals surface area contributed by atoms with Gasteiger partial charge in [0, 0.05) is 17.8 Å². The zero-order valence-electron chi connectivity index (χ0n) is 12.7. The minimum Gasteiger partial charge on any atom is -0.349 e. The molecule has 4 N–H and O–H groups in total. The Hall–Kier alpha value is -1.33. The van der Waals surface area contributed by atoms with Crippen molar-refractivity contribution in [1.82, 2.24) is 10.3 Å². The van der Waals surface area contributed by atoms with Gasteiger partial charge >= 0.3 is 0 Å². The van der Waals surface area contributed by atoms with E-state index in [1.807, 2.05) is 0 Å². The monoisotopic (exact) mass is 325 g/mol. The first-order chi connectivity index (χ1) is 10.1. The number of aryl methyl sites for hydroxylation is 2. The zero-order chi connectivity index (χ0) is 14.8. The third-order valence-corrected chi connectivity index (χ3v) is 4.69. The van der Waals surface area contributed by atoms with Crippen molar-refractivity contribution in [2.24, 2.45) is 5.73 Å². The van der Waals surface area contributed by atoms with Crippen molar-refractivity contribution in [1.29, 1.82) is 0 Å². The van der Waals surface area contributed by atoms with Gasteiger partial charge in [-0.05, 0) is 63.0 Å². The number of amides is 1. The van der Waals surface area contributed by atoms with Crippen LogP contribution in [-0.4, -0.2) is 23.0 Å². The van der Waals surface area contributed by atoms with E-state index in [9.17, 15) is 9.59 Å². The lowest BCUT2D eigenvalue weighted by atomic mass is 9.91. The third-order valence-electron chi connectivity index (χ3n) is 4.69. The number of hydrogen-bond donors (Lipinski definition) is 3. The Morgan fingerprint density at radius 1 is 1.18 bits per heavy atom. The van der Waals surface area contributed by atoms with Crippen molar-refractivity contribution in [3.63, 3.8) is 0 Å². The molecule has 0 aromatic carbocycles. The predicted molar refractivity (Wildman–Crippen MR) is 88.7 cm³/mol. The molecule has 2 aliphatic rings. The Kier molecular flexibility index (Phi) is 5.64. The number of halogens is 1. The van der Waals surface area contributed by atoms with Crippen LogP contribution >= 0.6 is 12.4 Å². The summed E-state index contributed by atoms with van der Waals surface area (Å²) in [5.74, 6) is -0.245. The second kappa shape index (κ2) is 7.29. The van der Waals surface area contributed by atoms with E-state index in [0.717, 1.165) is 62.6 Å². The maximum atomic E-state index is 12.3. The first kappa shape index (κ1) is 17.0. The van der Waals surface area contributed by atoms with Gasteiger partial charge in [-0.1, -0.05) is 0 Å². The second-order valence-electron chi connectivity index (χ2n) is 6.31. The number of nitrogens with one attached hydrogen (secondary N) is 2. The Morgan fingerprint density at radius 2 is 1.86 bits per heavy atom. The minimum absolute atomic E-state index is 0. The van der Waals surface area contributed by atoms with Gasteiger partial charge in [-0.3, -0.25) is 9.59 Å². The summed E-state index contributed by atoms with van der Waals surface area (Å²) >= 11 is 0. The molecule has 1 heterocycles. The molecule has 0 bridgehead atoms. The zero-order valence-corrected chi connectivity index (χ0v) is 13.5. The predicted octanol–water partition coefficient (Wildman–Crippen LogP) is 1.68. The molecule has 1 aromatic rings. The molecular weight excluding hydrogens is 302 g/mol.